The zero-order valence-electron chi connectivity index (χ0n) is 16.6. The van der Waals surface area contributed by atoms with Gasteiger partial charge < -0.3 is 20.5 Å². The van der Waals surface area contributed by atoms with Crippen molar-refractivity contribution < 1.29 is 24.2 Å². The Labute approximate surface area is 183 Å². The van der Waals surface area contributed by atoms with Crippen molar-refractivity contribution in [1.29, 1.82) is 0 Å². The first kappa shape index (κ1) is 21.9. The van der Waals surface area contributed by atoms with E-state index in [9.17, 15) is 14.4 Å². The Morgan fingerprint density at radius 1 is 0.871 bits per heavy atom. The van der Waals surface area contributed by atoms with Gasteiger partial charge in [0.15, 0.2) is 0 Å². The highest BCUT2D eigenvalue weighted by atomic mass is 32.2. The molecule has 158 valence electrons. The van der Waals surface area contributed by atoms with Gasteiger partial charge in [0.2, 0.25) is 5.91 Å². The Morgan fingerprint density at radius 2 is 1.55 bits per heavy atom. The van der Waals surface area contributed by atoms with Crippen LogP contribution in [-0.4, -0.2) is 35.8 Å². The molecule has 3 rings (SSSR count). The maximum Gasteiger partial charge on any atom is 0.335 e. The third-order valence-corrected chi connectivity index (χ3v) is 5.22. The molecule has 3 N–H and O–H groups in total. The Balaban J connectivity index is 1.54. The van der Waals surface area contributed by atoms with Crippen LogP contribution in [0.4, 0.5) is 11.4 Å². The van der Waals surface area contributed by atoms with Crippen molar-refractivity contribution >= 4 is 40.9 Å². The van der Waals surface area contributed by atoms with Crippen LogP contribution in [0.1, 0.15) is 20.7 Å². The van der Waals surface area contributed by atoms with E-state index in [1.54, 1.807) is 61.7 Å². The molecular formula is C23H20N2O5S. The van der Waals surface area contributed by atoms with E-state index in [-0.39, 0.29) is 23.1 Å². The van der Waals surface area contributed by atoms with E-state index in [0.717, 1.165) is 4.90 Å². The van der Waals surface area contributed by atoms with Gasteiger partial charge in [-0.25, -0.2) is 4.79 Å². The molecule has 0 bridgehead atoms. The second-order valence-corrected chi connectivity index (χ2v) is 7.48. The lowest BCUT2D eigenvalue weighted by molar-refractivity contribution is -0.113. The fourth-order valence-electron chi connectivity index (χ4n) is 2.65. The number of anilines is 2. The van der Waals surface area contributed by atoms with Crippen LogP contribution in [0.2, 0.25) is 0 Å². The molecule has 0 aliphatic carbocycles. The van der Waals surface area contributed by atoms with E-state index in [1.807, 2.05) is 6.07 Å². The number of carboxylic acids is 1. The molecule has 0 saturated heterocycles. The minimum Gasteiger partial charge on any atom is -0.497 e. The van der Waals surface area contributed by atoms with Crippen molar-refractivity contribution in [2.45, 2.75) is 4.90 Å². The highest BCUT2D eigenvalue weighted by Crippen LogP contribution is 2.23. The average Bonchev–Trinajstić information content (AvgIpc) is 2.78. The number of carboxylic acid groups (broad SMARTS) is 1. The number of carbonyl (C=O) groups excluding carboxylic acids is 2. The van der Waals surface area contributed by atoms with Crippen LogP contribution in [0, 0.1) is 0 Å². The Kier molecular flexibility index (Phi) is 7.29. The number of thioether (sulfide) groups is 1. The topological polar surface area (TPSA) is 105 Å². The van der Waals surface area contributed by atoms with E-state index in [4.69, 9.17) is 9.84 Å². The summed E-state index contributed by atoms with van der Waals surface area (Å²) in [6.07, 6.45) is 0. The second-order valence-electron chi connectivity index (χ2n) is 6.43. The van der Waals surface area contributed by atoms with Crippen molar-refractivity contribution in [2.75, 3.05) is 23.5 Å². The van der Waals surface area contributed by atoms with E-state index in [0.29, 0.717) is 22.7 Å². The molecule has 0 heterocycles. The number of amides is 2. The van der Waals surface area contributed by atoms with Crippen LogP contribution < -0.4 is 15.4 Å². The fourth-order valence-corrected chi connectivity index (χ4v) is 3.41. The largest absolute Gasteiger partial charge is 0.497 e. The second kappa shape index (κ2) is 10.3. The van der Waals surface area contributed by atoms with Gasteiger partial charge in [0.1, 0.15) is 5.75 Å². The molecule has 0 unspecified atom stereocenters. The molecule has 0 fully saturated rings. The fraction of sp³-hybridized carbons (Fsp3) is 0.0870. The summed E-state index contributed by atoms with van der Waals surface area (Å²) < 4.78 is 5.09. The summed E-state index contributed by atoms with van der Waals surface area (Å²) in [6, 6.07) is 20.0. The van der Waals surface area contributed by atoms with Gasteiger partial charge in [-0.1, -0.05) is 6.07 Å². The number of hydrogen-bond donors (Lipinski definition) is 3. The lowest BCUT2D eigenvalue weighted by atomic mass is 10.2. The number of benzene rings is 3. The average molecular weight is 436 g/mol. The SMILES string of the molecule is COc1ccc(C(=O)Nc2cccc(SCC(=O)Nc3ccc(C(=O)O)cc3)c2)cc1. The summed E-state index contributed by atoms with van der Waals surface area (Å²) in [5, 5.41) is 14.5. The summed E-state index contributed by atoms with van der Waals surface area (Å²) >= 11 is 1.32. The minimum atomic E-state index is -1.02. The smallest absolute Gasteiger partial charge is 0.335 e. The number of carbonyl (C=O) groups is 3. The van der Waals surface area contributed by atoms with Crippen LogP contribution in [-0.2, 0) is 4.79 Å². The van der Waals surface area contributed by atoms with Crippen molar-refractivity contribution in [2.24, 2.45) is 0 Å². The van der Waals surface area contributed by atoms with Crippen molar-refractivity contribution in [1.82, 2.24) is 0 Å². The van der Waals surface area contributed by atoms with Gasteiger partial charge in [0.25, 0.3) is 5.91 Å². The number of nitrogens with one attached hydrogen (secondary N) is 2. The monoisotopic (exact) mass is 436 g/mol. The van der Waals surface area contributed by atoms with Crippen molar-refractivity contribution in [3.05, 3.63) is 83.9 Å². The number of rotatable bonds is 8. The van der Waals surface area contributed by atoms with Gasteiger partial charge in [0, 0.05) is 21.8 Å². The van der Waals surface area contributed by atoms with Crippen molar-refractivity contribution in [3.8, 4) is 5.75 Å². The molecule has 8 heteroatoms. The van der Waals surface area contributed by atoms with E-state index >= 15 is 0 Å². The lowest BCUT2D eigenvalue weighted by Crippen LogP contribution is -2.14. The normalized spacial score (nSPS) is 10.2. The zero-order valence-corrected chi connectivity index (χ0v) is 17.4. The first-order valence-electron chi connectivity index (χ1n) is 9.26. The predicted octanol–water partition coefficient (Wildman–Crippen LogP) is 4.38. The Bertz CT molecular complexity index is 1080. The van der Waals surface area contributed by atoms with E-state index in [2.05, 4.69) is 10.6 Å². The zero-order chi connectivity index (χ0) is 22.2. The molecule has 3 aromatic carbocycles. The lowest BCUT2D eigenvalue weighted by Gasteiger charge is -2.09. The molecule has 7 nitrogen and oxygen atoms in total. The number of aromatic carboxylic acids is 1. The molecule has 31 heavy (non-hydrogen) atoms. The van der Waals surface area contributed by atoms with Crippen LogP contribution in [0.15, 0.2) is 77.7 Å². The Hall–Kier alpha value is -3.78. The number of methoxy groups -OCH3 is 1. The summed E-state index contributed by atoms with van der Waals surface area (Å²) in [5.41, 5.74) is 1.81. The Morgan fingerprint density at radius 3 is 2.19 bits per heavy atom. The van der Waals surface area contributed by atoms with E-state index < -0.39 is 5.97 Å². The molecule has 3 aromatic rings. The van der Waals surface area contributed by atoms with Gasteiger partial charge >= 0.3 is 5.97 Å². The molecule has 0 aliphatic rings. The summed E-state index contributed by atoms with van der Waals surface area (Å²) in [5.74, 6) is -0.650. The first-order chi connectivity index (χ1) is 14.9. The van der Waals surface area contributed by atoms with Crippen molar-refractivity contribution in [3.63, 3.8) is 0 Å². The van der Waals surface area contributed by atoms with Gasteiger partial charge in [-0.3, -0.25) is 9.59 Å². The molecule has 0 aliphatic heterocycles. The van der Waals surface area contributed by atoms with E-state index in [1.165, 1.54) is 23.9 Å². The minimum absolute atomic E-state index is 0.154. The summed E-state index contributed by atoms with van der Waals surface area (Å²) in [4.78, 5) is 36.3. The van der Waals surface area contributed by atoms with Crippen LogP contribution in [0.25, 0.3) is 0 Å². The van der Waals surface area contributed by atoms with Gasteiger partial charge in [-0.05, 0) is 66.7 Å². The molecule has 2 amide bonds. The molecule has 0 aromatic heterocycles. The molecule has 0 atom stereocenters. The maximum atomic E-state index is 12.4. The summed E-state index contributed by atoms with van der Waals surface area (Å²) in [6.45, 7) is 0. The predicted molar refractivity (Wildman–Crippen MR) is 120 cm³/mol. The van der Waals surface area contributed by atoms with Crippen LogP contribution >= 0.6 is 11.8 Å². The standard InChI is InChI=1S/C23H20N2O5S/c1-30-19-11-7-15(8-12-19)22(27)25-18-3-2-4-20(13-18)31-14-21(26)24-17-9-5-16(6-10-17)23(28)29/h2-13H,14H2,1H3,(H,24,26)(H,25,27)(H,28,29). The number of ether oxygens (including phenoxy) is 1. The number of hydrogen-bond acceptors (Lipinski definition) is 5. The quantitative estimate of drug-likeness (QED) is 0.453. The molecule has 0 saturated carbocycles. The maximum absolute atomic E-state index is 12.4. The van der Waals surface area contributed by atoms with Crippen LogP contribution in [0.5, 0.6) is 5.75 Å². The molecule has 0 radical (unpaired) electrons. The van der Waals surface area contributed by atoms with Gasteiger partial charge in [-0.15, -0.1) is 11.8 Å². The third kappa shape index (κ3) is 6.35. The molecular weight excluding hydrogens is 416 g/mol. The highest BCUT2D eigenvalue weighted by Gasteiger charge is 2.09. The first-order valence-corrected chi connectivity index (χ1v) is 10.2. The van der Waals surface area contributed by atoms with Gasteiger partial charge in [-0.2, -0.15) is 0 Å². The molecule has 0 spiro atoms. The van der Waals surface area contributed by atoms with Gasteiger partial charge in [0.05, 0.1) is 18.4 Å². The van der Waals surface area contributed by atoms with Crippen LogP contribution in [0.3, 0.4) is 0 Å². The highest BCUT2D eigenvalue weighted by molar-refractivity contribution is 8.00. The third-order valence-electron chi connectivity index (χ3n) is 4.23. The summed E-state index contributed by atoms with van der Waals surface area (Å²) in [7, 11) is 1.56.